The van der Waals surface area contributed by atoms with Gasteiger partial charge in [-0.05, 0) is 32.0 Å². The number of ether oxygens (including phenoxy) is 3. The van der Waals surface area contributed by atoms with Gasteiger partial charge in [0.05, 0.1) is 36.3 Å². The molecule has 2 aromatic carbocycles. The van der Waals surface area contributed by atoms with Crippen molar-refractivity contribution in [3.05, 3.63) is 52.1 Å². The Morgan fingerprint density at radius 1 is 1.10 bits per heavy atom. The van der Waals surface area contributed by atoms with Crippen molar-refractivity contribution in [2.45, 2.75) is 18.7 Å². The summed E-state index contributed by atoms with van der Waals surface area (Å²) in [4.78, 5) is 22.4. The van der Waals surface area contributed by atoms with Crippen LogP contribution in [0.25, 0.3) is 0 Å². The Kier molecular flexibility index (Phi) is 7.22. The highest BCUT2D eigenvalue weighted by atomic mass is 32.2. The smallest absolute Gasteiger partial charge is 0.326 e. The number of hydrogen-bond acceptors (Lipinski definition) is 8. The highest BCUT2D eigenvalue weighted by molar-refractivity contribution is 7.92. The molecule has 30 heavy (non-hydrogen) atoms. The molecular weight excluding hydrogens is 416 g/mol. The standard InChI is InChI=1S/C19H22N2O8S/c1-5-29-19(22)12-20(14-7-9-17(27-3)18(10-14)28-4)30(25,26)15-8-6-13(2)16(11-15)21(23)24/h6-11H,5,12H2,1-4H3. The van der Waals surface area contributed by atoms with Crippen molar-refractivity contribution >= 4 is 27.4 Å². The predicted octanol–water partition coefficient (Wildman–Crippen LogP) is 2.68. The number of benzene rings is 2. The first-order valence-electron chi connectivity index (χ1n) is 8.81. The summed E-state index contributed by atoms with van der Waals surface area (Å²) < 4.78 is 42.7. The lowest BCUT2D eigenvalue weighted by Gasteiger charge is -2.24. The number of carbonyl (C=O) groups excluding carboxylic acids is 1. The zero-order valence-electron chi connectivity index (χ0n) is 16.9. The molecule has 0 atom stereocenters. The maximum atomic E-state index is 13.3. The molecule has 2 aromatic rings. The number of sulfonamides is 1. The molecule has 0 unspecified atom stereocenters. The average molecular weight is 438 g/mol. The van der Waals surface area contributed by atoms with Gasteiger partial charge in [0.25, 0.3) is 15.7 Å². The fraction of sp³-hybridized carbons (Fsp3) is 0.316. The van der Waals surface area contributed by atoms with Crippen LogP contribution in [0.1, 0.15) is 12.5 Å². The second-order valence-corrected chi connectivity index (χ2v) is 7.92. The van der Waals surface area contributed by atoms with E-state index < -0.39 is 27.5 Å². The molecule has 0 aliphatic heterocycles. The highest BCUT2D eigenvalue weighted by Crippen LogP contribution is 2.34. The van der Waals surface area contributed by atoms with Gasteiger partial charge in [0, 0.05) is 17.7 Å². The van der Waals surface area contributed by atoms with Crippen molar-refractivity contribution in [2.75, 3.05) is 31.7 Å². The van der Waals surface area contributed by atoms with Crippen molar-refractivity contribution in [2.24, 2.45) is 0 Å². The van der Waals surface area contributed by atoms with Crippen LogP contribution in [0.2, 0.25) is 0 Å². The van der Waals surface area contributed by atoms with Gasteiger partial charge >= 0.3 is 5.97 Å². The number of nitro benzene ring substituents is 1. The summed E-state index contributed by atoms with van der Waals surface area (Å²) in [6, 6.07) is 7.85. The van der Waals surface area contributed by atoms with Gasteiger partial charge in [-0.1, -0.05) is 6.07 Å². The summed E-state index contributed by atoms with van der Waals surface area (Å²) in [5.74, 6) is -0.174. The van der Waals surface area contributed by atoms with Crippen LogP contribution in [0, 0.1) is 17.0 Å². The van der Waals surface area contributed by atoms with Gasteiger partial charge in [-0.25, -0.2) is 8.42 Å². The fourth-order valence-corrected chi connectivity index (χ4v) is 4.11. The van der Waals surface area contributed by atoms with E-state index in [4.69, 9.17) is 14.2 Å². The molecule has 0 saturated heterocycles. The average Bonchev–Trinajstić information content (AvgIpc) is 2.71. The summed E-state index contributed by atoms with van der Waals surface area (Å²) in [6.07, 6.45) is 0. The summed E-state index contributed by atoms with van der Waals surface area (Å²) in [7, 11) is -1.54. The van der Waals surface area contributed by atoms with E-state index in [1.165, 1.54) is 51.5 Å². The third-order valence-corrected chi connectivity index (χ3v) is 5.97. The van der Waals surface area contributed by atoms with Crippen molar-refractivity contribution in [1.82, 2.24) is 0 Å². The predicted molar refractivity (Wildman–Crippen MR) is 109 cm³/mol. The number of hydrogen-bond donors (Lipinski definition) is 0. The molecule has 2 rings (SSSR count). The third kappa shape index (κ3) is 4.79. The minimum absolute atomic E-state index is 0.0641. The van der Waals surface area contributed by atoms with Gasteiger partial charge < -0.3 is 14.2 Å². The fourth-order valence-electron chi connectivity index (χ4n) is 2.69. The van der Waals surface area contributed by atoms with Gasteiger partial charge in [-0.3, -0.25) is 19.2 Å². The zero-order chi connectivity index (χ0) is 22.5. The topological polar surface area (TPSA) is 125 Å². The van der Waals surface area contributed by atoms with Crippen LogP contribution in [0.3, 0.4) is 0 Å². The quantitative estimate of drug-likeness (QED) is 0.332. The lowest BCUT2D eigenvalue weighted by molar-refractivity contribution is -0.385. The van der Waals surface area contributed by atoms with E-state index in [0.717, 1.165) is 10.4 Å². The van der Waals surface area contributed by atoms with E-state index in [9.17, 15) is 23.3 Å². The van der Waals surface area contributed by atoms with E-state index >= 15 is 0 Å². The Balaban J connectivity index is 2.63. The molecule has 11 heteroatoms. The largest absolute Gasteiger partial charge is 0.493 e. The zero-order valence-corrected chi connectivity index (χ0v) is 17.8. The first-order valence-corrected chi connectivity index (χ1v) is 10.2. The molecule has 0 N–H and O–H groups in total. The number of anilines is 1. The molecule has 0 spiro atoms. The van der Waals surface area contributed by atoms with Gasteiger partial charge in [-0.15, -0.1) is 0 Å². The number of nitrogens with zero attached hydrogens (tertiary/aromatic N) is 2. The van der Waals surface area contributed by atoms with E-state index in [1.54, 1.807) is 6.92 Å². The van der Waals surface area contributed by atoms with Crippen LogP contribution >= 0.6 is 0 Å². The SMILES string of the molecule is CCOC(=O)CN(c1ccc(OC)c(OC)c1)S(=O)(=O)c1ccc(C)c([N+](=O)[O-])c1. The van der Waals surface area contributed by atoms with Gasteiger partial charge in [0.2, 0.25) is 0 Å². The molecule has 0 aliphatic rings. The number of aryl methyl sites for hydroxylation is 1. The van der Waals surface area contributed by atoms with E-state index in [-0.39, 0.29) is 28.6 Å². The van der Waals surface area contributed by atoms with Crippen LogP contribution in [0.5, 0.6) is 11.5 Å². The number of methoxy groups -OCH3 is 2. The van der Waals surface area contributed by atoms with Crippen LogP contribution in [0.4, 0.5) is 11.4 Å². The molecule has 0 aromatic heterocycles. The maximum Gasteiger partial charge on any atom is 0.326 e. The van der Waals surface area contributed by atoms with Gasteiger partial charge in [-0.2, -0.15) is 0 Å². The second kappa shape index (κ2) is 9.44. The number of esters is 1. The molecular formula is C19H22N2O8S. The molecule has 0 fully saturated rings. The monoisotopic (exact) mass is 438 g/mol. The van der Waals surface area contributed by atoms with Crippen molar-refractivity contribution < 1.29 is 32.3 Å². The minimum Gasteiger partial charge on any atom is -0.493 e. The van der Waals surface area contributed by atoms with Crippen LogP contribution in [-0.2, 0) is 19.6 Å². The molecule has 0 heterocycles. The summed E-state index contributed by atoms with van der Waals surface area (Å²) in [5.41, 5.74) is 0.0606. The lowest BCUT2D eigenvalue weighted by atomic mass is 10.2. The van der Waals surface area contributed by atoms with Crippen LogP contribution < -0.4 is 13.8 Å². The minimum atomic E-state index is -4.35. The first-order chi connectivity index (χ1) is 14.1. The maximum absolute atomic E-state index is 13.3. The molecule has 162 valence electrons. The van der Waals surface area contributed by atoms with E-state index in [0.29, 0.717) is 11.3 Å². The van der Waals surface area contributed by atoms with E-state index in [1.807, 2.05) is 0 Å². The Morgan fingerprint density at radius 3 is 2.33 bits per heavy atom. The number of carbonyl (C=O) groups is 1. The molecule has 0 saturated carbocycles. The Labute approximate surface area is 174 Å². The number of nitro groups is 1. The van der Waals surface area contributed by atoms with Crippen LogP contribution in [-0.4, -0.2) is 46.7 Å². The molecule has 0 bridgehead atoms. The van der Waals surface area contributed by atoms with Crippen molar-refractivity contribution in [3.8, 4) is 11.5 Å². The summed E-state index contributed by atoms with van der Waals surface area (Å²) in [5, 5.41) is 11.3. The lowest BCUT2D eigenvalue weighted by Crippen LogP contribution is -2.36. The second-order valence-electron chi connectivity index (χ2n) is 6.06. The third-order valence-electron chi connectivity index (χ3n) is 4.20. The molecule has 10 nitrogen and oxygen atoms in total. The highest BCUT2D eigenvalue weighted by Gasteiger charge is 2.30. The molecule has 0 radical (unpaired) electrons. The van der Waals surface area contributed by atoms with Crippen molar-refractivity contribution in [3.63, 3.8) is 0 Å². The number of rotatable bonds is 9. The Morgan fingerprint density at radius 2 is 1.77 bits per heavy atom. The van der Waals surface area contributed by atoms with Gasteiger partial charge in [0.1, 0.15) is 6.54 Å². The first kappa shape index (κ1) is 22.9. The molecule has 0 aliphatic carbocycles. The van der Waals surface area contributed by atoms with Gasteiger partial charge in [0.15, 0.2) is 11.5 Å². The van der Waals surface area contributed by atoms with Crippen molar-refractivity contribution in [1.29, 1.82) is 0 Å². The summed E-state index contributed by atoms with van der Waals surface area (Å²) in [6.45, 7) is 2.53. The molecule has 0 amide bonds. The Hall–Kier alpha value is -3.34. The Bertz CT molecular complexity index is 1050. The van der Waals surface area contributed by atoms with Crippen LogP contribution in [0.15, 0.2) is 41.3 Å². The normalized spacial score (nSPS) is 10.9. The summed E-state index contributed by atoms with van der Waals surface area (Å²) >= 11 is 0. The van der Waals surface area contributed by atoms with E-state index in [2.05, 4.69) is 0 Å².